The monoisotopic (exact) mass is 342 g/mol. The topological polar surface area (TPSA) is 62.2 Å². The van der Waals surface area contributed by atoms with Gasteiger partial charge in [-0.25, -0.2) is 9.78 Å². The van der Waals surface area contributed by atoms with Crippen LogP contribution < -0.4 is 5.32 Å². The molecule has 3 rings (SSSR count). The number of rotatable bonds is 3. The summed E-state index contributed by atoms with van der Waals surface area (Å²) in [7, 11) is 0. The summed E-state index contributed by atoms with van der Waals surface area (Å²) in [6, 6.07) is 14.7. The first-order chi connectivity index (χ1) is 10.1. The Hall–Kier alpha value is -2.40. The van der Waals surface area contributed by atoms with Crippen LogP contribution in [-0.2, 0) is 0 Å². The summed E-state index contributed by atoms with van der Waals surface area (Å²) < 4.78 is 0.678. The van der Waals surface area contributed by atoms with Crippen LogP contribution >= 0.6 is 15.9 Å². The van der Waals surface area contributed by atoms with Gasteiger partial charge in [0.2, 0.25) is 0 Å². The molecule has 0 aliphatic heterocycles. The first kappa shape index (κ1) is 13.6. The zero-order chi connectivity index (χ0) is 14.8. The van der Waals surface area contributed by atoms with Gasteiger partial charge in [-0.15, -0.1) is 0 Å². The summed E-state index contributed by atoms with van der Waals surface area (Å²) in [4.78, 5) is 15.3. The number of anilines is 2. The van der Waals surface area contributed by atoms with E-state index in [0.717, 1.165) is 22.3 Å². The highest BCUT2D eigenvalue weighted by Gasteiger charge is 2.08. The lowest BCUT2D eigenvalue weighted by Gasteiger charge is -2.10. The van der Waals surface area contributed by atoms with Gasteiger partial charge >= 0.3 is 5.97 Å². The molecule has 0 radical (unpaired) electrons. The maximum atomic E-state index is 10.9. The molecule has 5 heteroatoms. The highest BCUT2D eigenvalue weighted by Crippen LogP contribution is 2.29. The van der Waals surface area contributed by atoms with Crippen molar-refractivity contribution in [3.8, 4) is 0 Å². The average molecular weight is 343 g/mol. The van der Waals surface area contributed by atoms with Gasteiger partial charge < -0.3 is 10.4 Å². The zero-order valence-corrected chi connectivity index (χ0v) is 12.5. The highest BCUT2D eigenvalue weighted by molar-refractivity contribution is 9.10. The number of aromatic nitrogens is 1. The van der Waals surface area contributed by atoms with Gasteiger partial charge in [0.25, 0.3) is 0 Å². The standard InChI is InChI=1S/C16H11BrN2O2/c17-13-9-11(16(20)21)5-6-14(13)19-15-12-4-2-1-3-10(12)7-8-18-15/h1-9H,(H,18,19)(H,20,21). The Morgan fingerprint density at radius 2 is 1.95 bits per heavy atom. The Balaban J connectivity index is 2.01. The van der Waals surface area contributed by atoms with Crippen LogP contribution in [0.15, 0.2) is 59.2 Å². The number of pyridine rings is 1. The molecule has 104 valence electrons. The van der Waals surface area contributed by atoms with Crippen molar-refractivity contribution in [1.29, 1.82) is 0 Å². The summed E-state index contributed by atoms with van der Waals surface area (Å²) >= 11 is 3.38. The first-order valence-electron chi connectivity index (χ1n) is 6.29. The van der Waals surface area contributed by atoms with Gasteiger partial charge in [0.05, 0.1) is 11.3 Å². The number of carbonyl (C=O) groups is 1. The number of hydrogen-bond donors (Lipinski definition) is 2. The summed E-state index contributed by atoms with van der Waals surface area (Å²) in [6.45, 7) is 0. The number of benzene rings is 2. The van der Waals surface area contributed by atoms with Crippen LogP contribution in [0.3, 0.4) is 0 Å². The van der Waals surface area contributed by atoms with E-state index in [0.29, 0.717) is 4.47 Å². The molecule has 0 saturated heterocycles. The second-order valence-electron chi connectivity index (χ2n) is 4.51. The quantitative estimate of drug-likeness (QED) is 0.738. The van der Waals surface area contributed by atoms with E-state index >= 15 is 0 Å². The van der Waals surface area contributed by atoms with Gasteiger partial charge in [-0.2, -0.15) is 0 Å². The van der Waals surface area contributed by atoms with Gasteiger partial charge in [-0.05, 0) is 45.6 Å². The van der Waals surface area contributed by atoms with E-state index in [1.54, 1.807) is 24.4 Å². The minimum absolute atomic E-state index is 0.235. The van der Waals surface area contributed by atoms with Crippen LogP contribution in [0.25, 0.3) is 10.8 Å². The summed E-state index contributed by atoms with van der Waals surface area (Å²) in [5, 5.41) is 14.3. The number of halogens is 1. The molecule has 0 atom stereocenters. The van der Waals surface area contributed by atoms with Gasteiger partial charge in [0, 0.05) is 16.1 Å². The summed E-state index contributed by atoms with van der Waals surface area (Å²) in [5.41, 5.74) is 1.00. The third-order valence-electron chi connectivity index (χ3n) is 3.14. The third-order valence-corrected chi connectivity index (χ3v) is 3.80. The lowest BCUT2D eigenvalue weighted by Crippen LogP contribution is -1.99. The van der Waals surface area contributed by atoms with Crippen LogP contribution in [-0.4, -0.2) is 16.1 Å². The molecular formula is C16H11BrN2O2. The molecule has 0 fully saturated rings. The molecule has 1 aromatic heterocycles. The molecule has 0 spiro atoms. The van der Waals surface area contributed by atoms with Crippen molar-refractivity contribution in [2.24, 2.45) is 0 Å². The molecule has 0 saturated carbocycles. The Kier molecular flexibility index (Phi) is 3.58. The average Bonchev–Trinajstić information content (AvgIpc) is 2.49. The van der Waals surface area contributed by atoms with Crippen molar-refractivity contribution in [3.63, 3.8) is 0 Å². The van der Waals surface area contributed by atoms with Gasteiger partial charge in [0.15, 0.2) is 0 Å². The number of carboxylic acid groups (broad SMARTS) is 1. The molecule has 0 unspecified atom stereocenters. The number of nitrogens with one attached hydrogen (secondary N) is 1. The Labute approximate surface area is 129 Å². The molecule has 0 amide bonds. The molecule has 0 aliphatic rings. The maximum Gasteiger partial charge on any atom is 0.335 e. The van der Waals surface area contributed by atoms with Crippen LogP contribution in [0.4, 0.5) is 11.5 Å². The van der Waals surface area contributed by atoms with Crippen molar-refractivity contribution in [1.82, 2.24) is 4.98 Å². The van der Waals surface area contributed by atoms with Crippen LogP contribution in [0.5, 0.6) is 0 Å². The molecule has 1 heterocycles. The van der Waals surface area contributed by atoms with Crippen molar-refractivity contribution in [2.45, 2.75) is 0 Å². The Morgan fingerprint density at radius 3 is 2.71 bits per heavy atom. The molecule has 4 nitrogen and oxygen atoms in total. The van der Waals surface area contributed by atoms with E-state index in [2.05, 4.69) is 26.2 Å². The van der Waals surface area contributed by atoms with Gasteiger partial charge in [-0.3, -0.25) is 0 Å². The van der Waals surface area contributed by atoms with Crippen LogP contribution in [0.2, 0.25) is 0 Å². The van der Waals surface area contributed by atoms with Gasteiger partial charge in [-0.1, -0.05) is 24.3 Å². The van der Waals surface area contributed by atoms with E-state index in [9.17, 15) is 4.79 Å². The molecule has 3 aromatic rings. The van der Waals surface area contributed by atoms with E-state index in [-0.39, 0.29) is 5.56 Å². The zero-order valence-electron chi connectivity index (χ0n) is 10.9. The van der Waals surface area contributed by atoms with Gasteiger partial charge in [0.1, 0.15) is 5.82 Å². The minimum Gasteiger partial charge on any atom is -0.478 e. The SMILES string of the molecule is O=C(O)c1ccc(Nc2nccc3ccccc23)c(Br)c1. The normalized spacial score (nSPS) is 10.5. The molecular weight excluding hydrogens is 332 g/mol. The fourth-order valence-corrected chi connectivity index (χ4v) is 2.57. The van der Waals surface area contributed by atoms with E-state index in [1.165, 1.54) is 0 Å². The van der Waals surface area contributed by atoms with Crippen LogP contribution in [0.1, 0.15) is 10.4 Å². The minimum atomic E-state index is -0.953. The Bertz CT molecular complexity index is 828. The Morgan fingerprint density at radius 1 is 1.14 bits per heavy atom. The van der Waals surface area contributed by atoms with Crippen molar-refractivity contribution >= 4 is 44.2 Å². The summed E-state index contributed by atoms with van der Waals surface area (Å²) in [6.07, 6.45) is 1.74. The molecule has 2 aromatic carbocycles. The highest BCUT2D eigenvalue weighted by atomic mass is 79.9. The van der Waals surface area contributed by atoms with E-state index < -0.39 is 5.97 Å². The number of aromatic carboxylic acids is 1. The molecule has 2 N–H and O–H groups in total. The first-order valence-corrected chi connectivity index (χ1v) is 7.08. The molecule has 0 bridgehead atoms. The molecule has 21 heavy (non-hydrogen) atoms. The number of hydrogen-bond acceptors (Lipinski definition) is 3. The fourth-order valence-electron chi connectivity index (χ4n) is 2.10. The second kappa shape index (κ2) is 5.54. The lowest BCUT2D eigenvalue weighted by molar-refractivity contribution is 0.0697. The third kappa shape index (κ3) is 2.73. The fraction of sp³-hybridized carbons (Fsp3) is 0. The predicted molar refractivity (Wildman–Crippen MR) is 86.1 cm³/mol. The number of carboxylic acids is 1. The predicted octanol–water partition coefficient (Wildman–Crippen LogP) is 4.44. The number of fused-ring (bicyclic) bond motifs is 1. The van der Waals surface area contributed by atoms with Crippen molar-refractivity contribution < 1.29 is 9.90 Å². The number of nitrogens with zero attached hydrogens (tertiary/aromatic N) is 1. The van der Waals surface area contributed by atoms with Crippen molar-refractivity contribution in [2.75, 3.05) is 5.32 Å². The van der Waals surface area contributed by atoms with Crippen molar-refractivity contribution in [3.05, 3.63) is 64.8 Å². The van der Waals surface area contributed by atoms with E-state index in [1.807, 2.05) is 30.3 Å². The summed E-state index contributed by atoms with van der Waals surface area (Å²) in [5.74, 6) is -0.220. The lowest BCUT2D eigenvalue weighted by atomic mass is 10.1. The largest absolute Gasteiger partial charge is 0.478 e. The van der Waals surface area contributed by atoms with E-state index in [4.69, 9.17) is 5.11 Å². The molecule has 0 aliphatic carbocycles. The maximum absolute atomic E-state index is 10.9. The van der Waals surface area contributed by atoms with Crippen LogP contribution in [0, 0.1) is 0 Å². The smallest absolute Gasteiger partial charge is 0.335 e. The second-order valence-corrected chi connectivity index (χ2v) is 5.36.